The monoisotopic (exact) mass is 373 g/mol. The third kappa shape index (κ3) is 3.06. The summed E-state index contributed by atoms with van der Waals surface area (Å²) in [6.07, 6.45) is 5.08. The molecule has 0 unspecified atom stereocenters. The van der Waals surface area contributed by atoms with E-state index in [2.05, 4.69) is 15.6 Å². The summed E-state index contributed by atoms with van der Waals surface area (Å²) in [5.74, 6) is -0.814. The number of likely N-dealkylation sites (tertiary alicyclic amines) is 1. The topological polar surface area (TPSA) is 110 Å². The Balaban J connectivity index is 1.35. The third-order valence-electron chi connectivity index (χ3n) is 6.06. The molecule has 3 aliphatic rings. The van der Waals surface area contributed by atoms with Crippen LogP contribution in [-0.4, -0.2) is 66.1 Å². The average Bonchev–Trinajstić information content (AvgIpc) is 3.29. The summed E-state index contributed by atoms with van der Waals surface area (Å²) < 4.78 is 6.17. The van der Waals surface area contributed by atoms with Gasteiger partial charge in [-0.15, -0.1) is 0 Å². The Morgan fingerprint density at radius 3 is 3.11 bits per heavy atom. The largest absolute Gasteiger partial charge is 0.383 e. The number of nitrogens with two attached hydrogens (primary N) is 1. The van der Waals surface area contributed by atoms with E-state index < -0.39 is 11.5 Å². The van der Waals surface area contributed by atoms with Crippen LogP contribution in [0.15, 0.2) is 18.5 Å². The zero-order valence-corrected chi connectivity index (χ0v) is 15.6. The van der Waals surface area contributed by atoms with Gasteiger partial charge in [0, 0.05) is 44.3 Å². The minimum Gasteiger partial charge on any atom is -0.383 e. The van der Waals surface area contributed by atoms with Gasteiger partial charge in [0.2, 0.25) is 11.8 Å². The minimum atomic E-state index is -0.481. The number of nitrogens with zero attached hydrogens (tertiary/aromatic N) is 2. The molecule has 1 aromatic rings. The van der Waals surface area contributed by atoms with Crippen LogP contribution in [0.5, 0.6) is 0 Å². The van der Waals surface area contributed by atoms with E-state index in [9.17, 15) is 9.59 Å². The van der Waals surface area contributed by atoms with Crippen molar-refractivity contribution < 1.29 is 14.3 Å². The molecule has 8 nitrogen and oxygen atoms in total. The lowest BCUT2D eigenvalue weighted by Gasteiger charge is -2.27. The highest BCUT2D eigenvalue weighted by Gasteiger charge is 2.68. The molecular weight excluding hydrogens is 346 g/mol. The van der Waals surface area contributed by atoms with Gasteiger partial charge in [0.25, 0.3) is 0 Å². The lowest BCUT2D eigenvalue weighted by Crippen LogP contribution is -2.46. The Morgan fingerprint density at radius 1 is 1.48 bits per heavy atom. The second-order valence-corrected chi connectivity index (χ2v) is 7.72. The van der Waals surface area contributed by atoms with Crippen molar-refractivity contribution in [3.63, 3.8) is 0 Å². The molecule has 0 aromatic carbocycles. The van der Waals surface area contributed by atoms with E-state index >= 15 is 0 Å². The summed E-state index contributed by atoms with van der Waals surface area (Å²) in [6.45, 7) is 4.60. The lowest BCUT2D eigenvalue weighted by molar-refractivity contribution is -0.138. The summed E-state index contributed by atoms with van der Waals surface area (Å²) >= 11 is 0. The SMILES string of the molecule is Cc1cnccc1NCCNC(=O)[C@H]1[C@@H]2CC[C@@]3(CN(CCN)C(=O)[C@@H]13)O2. The Hall–Kier alpha value is -2.19. The van der Waals surface area contributed by atoms with E-state index in [1.165, 1.54) is 0 Å². The molecule has 8 heteroatoms. The number of ether oxygens (including phenoxy) is 1. The first-order valence-electron chi connectivity index (χ1n) is 9.64. The molecule has 4 N–H and O–H groups in total. The van der Waals surface area contributed by atoms with Crippen LogP contribution >= 0.6 is 0 Å². The van der Waals surface area contributed by atoms with Gasteiger partial charge in [0.15, 0.2) is 0 Å². The van der Waals surface area contributed by atoms with Gasteiger partial charge in [-0.3, -0.25) is 14.6 Å². The Kier molecular flexibility index (Phi) is 4.77. The molecule has 0 radical (unpaired) electrons. The number of nitrogens with one attached hydrogen (secondary N) is 2. The highest BCUT2D eigenvalue weighted by atomic mass is 16.5. The van der Waals surface area contributed by atoms with Crippen molar-refractivity contribution in [1.29, 1.82) is 0 Å². The minimum absolute atomic E-state index is 0.0216. The molecule has 4 atom stereocenters. The Bertz CT molecular complexity index is 742. The molecule has 3 saturated heterocycles. The van der Waals surface area contributed by atoms with Gasteiger partial charge in [0.05, 0.1) is 30.1 Å². The number of amides is 2. The maximum atomic E-state index is 12.8. The number of hydrogen-bond donors (Lipinski definition) is 3. The third-order valence-corrected chi connectivity index (χ3v) is 6.06. The van der Waals surface area contributed by atoms with Crippen LogP contribution in [0.3, 0.4) is 0 Å². The zero-order chi connectivity index (χ0) is 19.0. The number of carbonyl (C=O) groups excluding carboxylic acids is 2. The number of anilines is 1. The van der Waals surface area contributed by atoms with Crippen LogP contribution < -0.4 is 16.4 Å². The molecule has 1 aromatic heterocycles. The zero-order valence-electron chi connectivity index (χ0n) is 15.6. The summed E-state index contributed by atoms with van der Waals surface area (Å²) in [4.78, 5) is 31.5. The van der Waals surface area contributed by atoms with Gasteiger partial charge >= 0.3 is 0 Å². The van der Waals surface area contributed by atoms with Gasteiger partial charge < -0.3 is 26.0 Å². The molecule has 2 amide bonds. The van der Waals surface area contributed by atoms with Crippen LogP contribution in [0.1, 0.15) is 18.4 Å². The van der Waals surface area contributed by atoms with Gasteiger partial charge in [-0.25, -0.2) is 0 Å². The normalized spacial score (nSPS) is 31.3. The second kappa shape index (κ2) is 7.09. The highest BCUT2D eigenvalue weighted by Crippen LogP contribution is 2.55. The smallest absolute Gasteiger partial charge is 0.229 e. The molecule has 4 rings (SSSR count). The Labute approximate surface area is 158 Å². The van der Waals surface area contributed by atoms with Crippen LogP contribution in [0, 0.1) is 18.8 Å². The van der Waals surface area contributed by atoms with Crippen LogP contribution in [0.25, 0.3) is 0 Å². The van der Waals surface area contributed by atoms with Crippen molar-refractivity contribution in [3.05, 3.63) is 24.0 Å². The first-order chi connectivity index (χ1) is 13.1. The number of pyridine rings is 1. The van der Waals surface area contributed by atoms with Crippen LogP contribution in [0.4, 0.5) is 5.69 Å². The fraction of sp³-hybridized carbons (Fsp3) is 0.632. The van der Waals surface area contributed by atoms with Crippen molar-refractivity contribution in [2.75, 3.05) is 38.0 Å². The summed E-state index contributed by atoms with van der Waals surface area (Å²) in [5, 5.41) is 6.28. The molecule has 3 fully saturated rings. The number of fused-ring (bicyclic) bond motifs is 1. The number of carbonyl (C=O) groups is 2. The highest BCUT2D eigenvalue weighted by molar-refractivity contribution is 5.92. The van der Waals surface area contributed by atoms with E-state index in [0.717, 1.165) is 24.1 Å². The van der Waals surface area contributed by atoms with Crippen LogP contribution in [-0.2, 0) is 14.3 Å². The maximum absolute atomic E-state index is 12.8. The number of aryl methyl sites for hydroxylation is 1. The molecule has 4 heterocycles. The fourth-order valence-corrected chi connectivity index (χ4v) is 4.86. The summed E-state index contributed by atoms with van der Waals surface area (Å²) in [6, 6.07) is 1.91. The molecule has 146 valence electrons. The van der Waals surface area contributed by atoms with Crippen molar-refractivity contribution in [2.45, 2.75) is 31.5 Å². The number of aromatic nitrogens is 1. The van der Waals surface area contributed by atoms with Gasteiger partial charge in [-0.05, 0) is 31.4 Å². The average molecular weight is 373 g/mol. The lowest BCUT2D eigenvalue weighted by atomic mass is 9.73. The molecule has 0 saturated carbocycles. The molecule has 3 aliphatic heterocycles. The summed E-state index contributed by atoms with van der Waals surface area (Å²) in [5.41, 5.74) is 7.21. The van der Waals surface area contributed by atoms with Crippen LogP contribution in [0.2, 0.25) is 0 Å². The van der Waals surface area contributed by atoms with E-state index in [1.54, 1.807) is 17.3 Å². The maximum Gasteiger partial charge on any atom is 0.229 e. The van der Waals surface area contributed by atoms with E-state index in [-0.39, 0.29) is 23.8 Å². The standard InChI is InChI=1S/C19H27N5O3/c1-12-10-21-6-3-13(12)22-7-8-23-17(25)15-14-2-4-19(27-14)11-24(9-5-20)18(26)16(15)19/h3,6,10,14-16H,2,4-5,7-9,11,20H2,1H3,(H,21,22)(H,23,25)/t14-,15-,16+,19-/m0/s1. The molecule has 1 spiro atoms. The molecule has 27 heavy (non-hydrogen) atoms. The first-order valence-corrected chi connectivity index (χ1v) is 9.64. The van der Waals surface area contributed by atoms with Crippen molar-refractivity contribution in [3.8, 4) is 0 Å². The predicted octanol–water partition coefficient (Wildman–Crippen LogP) is -0.117. The molecule has 0 aliphatic carbocycles. The molecular formula is C19H27N5O3. The van der Waals surface area contributed by atoms with E-state index in [1.807, 2.05) is 13.0 Å². The molecule has 2 bridgehead atoms. The number of rotatable bonds is 7. The van der Waals surface area contributed by atoms with Gasteiger partial charge in [-0.2, -0.15) is 0 Å². The van der Waals surface area contributed by atoms with Crippen molar-refractivity contribution in [2.24, 2.45) is 17.6 Å². The van der Waals surface area contributed by atoms with E-state index in [0.29, 0.717) is 32.7 Å². The Morgan fingerprint density at radius 2 is 2.33 bits per heavy atom. The van der Waals surface area contributed by atoms with Crippen molar-refractivity contribution in [1.82, 2.24) is 15.2 Å². The van der Waals surface area contributed by atoms with Crippen molar-refractivity contribution >= 4 is 17.5 Å². The summed E-state index contributed by atoms with van der Waals surface area (Å²) in [7, 11) is 0. The number of hydrogen-bond acceptors (Lipinski definition) is 6. The van der Waals surface area contributed by atoms with Gasteiger partial charge in [0.1, 0.15) is 0 Å². The first kappa shape index (κ1) is 18.2. The fourth-order valence-electron chi connectivity index (χ4n) is 4.86. The van der Waals surface area contributed by atoms with Gasteiger partial charge in [-0.1, -0.05) is 0 Å². The quantitative estimate of drug-likeness (QED) is 0.575. The van der Waals surface area contributed by atoms with E-state index in [4.69, 9.17) is 10.5 Å². The second-order valence-electron chi connectivity index (χ2n) is 7.72. The predicted molar refractivity (Wildman–Crippen MR) is 99.9 cm³/mol.